The topological polar surface area (TPSA) is 85.5 Å². The molecule has 4 rings (SSSR count). The smallest absolute Gasteiger partial charge is 0.320 e. The minimum absolute atomic E-state index is 0.0613. The Morgan fingerprint density at radius 2 is 1.89 bits per heavy atom. The van der Waals surface area contributed by atoms with Gasteiger partial charge in [0.2, 0.25) is 0 Å². The van der Waals surface area contributed by atoms with Crippen LogP contribution in [0, 0.1) is 19.8 Å². The molecule has 4 heterocycles. The number of carbonyl (C=O) groups is 1. The van der Waals surface area contributed by atoms with E-state index in [9.17, 15) is 9.59 Å². The number of aromatic nitrogens is 4. The first-order valence-corrected chi connectivity index (χ1v) is 9.24. The van der Waals surface area contributed by atoms with Gasteiger partial charge in [-0.05, 0) is 26.0 Å². The van der Waals surface area contributed by atoms with Gasteiger partial charge in [-0.2, -0.15) is 5.10 Å². The van der Waals surface area contributed by atoms with Crippen molar-refractivity contribution in [2.24, 2.45) is 5.92 Å². The Bertz CT molecular complexity index is 893. The van der Waals surface area contributed by atoms with E-state index in [1.165, 1.54) is 10.7 Å². The molecule has 9 heteroatoms. The first-order chi connectivity index (χ1) is 13.0. The summed E-state index contributed by atoms with van der Waals surface area (Å²) in [6.45, 7) is 8.16. The van der Waals surface area contributed by atoms with E-state index in [1.54, 1.807) is 10.7 Å². The first-order valence-electron chi connectivity index (χ1n) is 9.24. The third kappa shape index (κ3) is 3.59. The van der Waals surface area contributed by atoms with Crippen molar-refractivity contribution in [1.29, 1.82) is 0 Å². The number of nitrogens with zero attached hydrogens (tertiary/aromatic N) is 6. The van der Waals surface area contributed by atoms with Crippen molar-refractivity contribution in [3.63, 3.8) is 0 Å². The Morgan fingerprint density at radius 3 is 2.56 bits per heavy atom. The van der Waals surface area contributed by atoms with E-state index in [-0.39, 0.29) is 17.5 Å². The van der Waals surface area contributed by atoms with E-state index in [2.05, 4.69) is 10.2 Å². The Labute approximate surface area is 157 Å². The van der Waals surface area contributed by atoms with Gasteiger partial charge in [-0.25, -0.2) is 14.2 Å². The van der Waals surface area contributed by atoms with E-state index >= 15 is 0 Å². The average Bonchev–Trinajstić information content (AvgIpc) is 2.97. The average molecular weight is 372 g/mol. The molecule has 0 unspecified atom stereocenters. The molecule has 0 aromatic carbocycles. The van der Waals surface area contributed by atoms with Crippen molar-refractivity contribution in [3.8, 4) is 5.82 Å². The molecule has 27 heavy (non-hydrogen) atoms. The van der Waals surface area contributed by atoms with Gasteiger partial charge in [0.05, 0.1) is 25.5 Å². The predicted molar refractivity (Wildman–Crippen MR) is 97.9 cm³/mol. The lowest BCUT2D eigenvalue weighted by atomic mass is 10.0. The number of urea groups is 1. The largest absolute Gasteiger partial charge is 0.378 e. The monoisotopic (exact) mass is 372 g/mol. The molecule has 2 aliphatic rings. The molecule has 2 aromatic rings. The van der Waals surface area contributed by atoms with Gasteiger partial charge in [0.1, 0.15) is 0 Å². The maximum absolute atomic E-state index is 12.4. The first kappa shape index (κ1) is 17.7. The van der Waals surface area contributed by atoms with E-state index in [4.69, 9.17) is 4.74 Å². The Morgan fingerprint density at radius 1 is 1.15 bits per heavy atom. The quantitative estimate of drug-likeness (QED) is 0.780. The predicted octanol–water partition coefficient (Wildman–Crippen LogP) is 0.430. The molecule has 2 saturated heterocycles. The summed E-state index contributed by atoms with van der Waals surface area (Å²) in [4.78, 5) is 28.3. The van der Waals surface area contributed by atoms with Gasteiger partial charge in [-0.3, -0.25) is 4.79 Å². The lowest BCUT2D eigenvalue weighted by molar-refractivity contribution is 0.0263. The number of carbonyl (C=O) groups excluding carboxylic acids is 1. The summed E-state index contributed by atoms with van der Waals surface area (Å²) in [5.41, 5.74) is 1.73. The van der Waals surface area contributed by atoms with Crippen LogP contribution in [0.1, 0.15) is 11.4 Å². The van der Waals surface area contributed by atoms with Crippen molar-refractivity contribution in [2.75, 3.05) is 39.4 Å². The fraction of sp³-hybridized carbons (Fsp3) is 0.556. The summed E-state index contributed by atoms with van der Waals surface area (Å²) in [6.07, 6.45) is 0. The van der Waals surface area contributed by atoms with Crippen molar-refractivity contribution in [1.82, 2.24) is 29.4 Å². The molecule has 0 saturated carbocycles. The van der Waals surface area contributed by atoms with Crippen LogP contribution < -0.4 is 5.56 Å². The second-order valence-electron chi connectivity index (χ2n) is 7.20. The van der Waals surface area contributed by atoms with Gasteiger partial charge in [0.15, 0.2) is 5.82 Å². The van der Waals surface area contributed by atoms with Gasteiger partial charge in [-0.15, -0.1) is 5.10 Å². The van der Waals surface area contributed by atoms with Gasteiger partial charge >= 0.3 is 6.03 Å². The highest BCUT2D eigenvalue weighted by atomic mass is 16.5. The van der Waals surface area contributed by atoms with Gasteiger partial charge in [0, 0.05) is 43.9 Å². The summed E-state index contributed by atoms with van der Waals surface area (Å²) in [7, 11) is 0. The molecule has 2 amide bonds. The van der Waals surface area contributed by atoms with Crippen LogP contribution >= 0.6 is 0 Å². The van der Waals surface area contributed by atoms with Crippen LogP contribution in [0.25, 0.3) is 5.82 Å². The lowest BCUT2D eigenvalue weighted by Crippen LogP contribution is -2.58. The van der Waals surface area contributed by atoms with Crippen molar-refractivity contribution >= 4 is 6.03 Å². The minimum atomic E-state index is -0.141. The third-order valence-electron chi connectivity index (χ3n) is 5.02. The summed E-state index contributed by atoms with van der Waals surface area (Å²) in [5.74, 6) is 0.858. The maximum Gasteiger partial charge on any atom is 0.320 e. The van der Waals surface area contributed by atoms with Crippen LogP contribution in [-0.4, -0.2) is 74.8 Å². The van der Waals surface area contributed by atoms with E-state index in [1.807, 2.05) is 29.7 Å². The van der Waals surface area contributed by atoms with Crippen molar-refractivity contribution in [2.45, 2.75) is 20.4 Å². The summed E-state index contributed by atoms with van der Waals surface area (Å²) in [6, 6.07) is 5.24. The Kier molecular flexibility index (Phi) is 4.69. The molecule has 0 spiro atoms. The standard InChI is InChI=1S/C18H24N6O3/c1-13-9-14(2)24(19-13)16-3-4-17(25)23(20-16)12-15-10-22(11-15)18(26)21-5-7-27-8-6-21/h3-4,9,15H,5-8,10-12H2,1-2H3. The molecule has 0 aliphatic carbocycles. The second-order valence-corrected chi connectivity index (χ2v) is 7.20. The number of ether oxygens (including phenoxy) is 1. The summed E-state index contributed by atoms with van der Waals surface area (Å²) >= 11 is 0. The molecule has 2 aliphatic heterocycles. The van der Waals surface area contributed by atoms with Crippen molar-refractivity contribution in [3.05, 3.63) is 39.9 Å². The summed E-state index contributed by atoms with van der Waals surface area (Å²) in [5, 5.41) is 8.89. The Balaban J connectivity index is 1.40. The number of hydrogen-bond acceptors (Lipinski definition) is 5. The van der Waals surface area contributed by atoms with Crippen LogP contribution in [-0.2, 0) is 11.3 Å². The highest BCUT2D eigenvalue weighted by molar-refractivity contribution is 5.75. The van der Waals surface area contributed by atoms with Crippen LogP contribution in [0.3, 0.4) is 0 Å². The maximum atomic E-state index is 12.4. The molecule has 0 N–H and O–H groups in total. The fourth-order valence-electron chi connectivity index (χ4n) is 3.58. The SMILES string of the molecule is Cc1cc(C)n(-c2ccc(=O)n(CC3CN(C(=O)N4CCOCC4)C3)n2)n1. The zero-order chi connectivity index (χ0) is 19.0. The fourth-order valence-corrected chi connectivity index (χ4v) is 3.58. The molecule has 2 aromatic heterocycles. The molecule has 0 bridgehead atoms. The normalized spacial score (nSPS) is 17.9. The van der Waals surface area contributed by atoms with E-state index < -0.39 is 0 Å². The number of amides is 2. The van der Waals surface area contributed by atoms with Gasteiger partial charge in [0.25, 0.3) is 5.56 Å². The van der Waals surface area contributed by atoms with E-state index in [0.29, 0.717) is 51.8 Å². The van der Waals surface area contributed by atoms with Crippen LogP contribution in [0.4, 0.5) is 4.79 Å². The Hall–Kier alpha value is -2.68. The molecule has 144 valence electrons. The zero-order valence-electron chi connectivity index (χ0n) is 15.7. The highest BCUT2D eigenvalue weighted by Gasteiger charge is 2.34. The van der Waals surface area contributed by atoms with Crippen LogP contribution in [0.15, 0.2) is 23.0 Å². The number of morpholine rings is 1. The van der Waals surface area contributed by atoms with Gasteiger partial charge < -0.3 is 14.5 Å². The number of aryl methyl sites for hydroxylation is 2. The molecule has 0 radical (unpaired) electrons. The third-order valence-corrected chi connectivity index (χ3v) is 5.02. The molecule has 0 atom stereocenters. The van der Waals surface area contributed by atoms with E-state index in [0.717, 1.165) is 11.4 Å². The number of likely N-dealkylation sites (tertiary alicyclic amines) is 1. The molecule has 2 fully saturated rings. The molecular formula is C18H24N6O3. The highest BCUT2D eigenvalue weighted by Crippen LogP contribution is 2.19. The van der Waals surface area contributed by atoms with Crippen molar-refractivity contribution < 1.29 is 9.53 Å². The number of rotatable bonds is 3. The van der Waals surface area contributed by atoms with Crippen LogP contribution in [0.5, 0.6) is 0 Å². The lowest BCUT2D eigenvalue weighted by Gasteiger charge is -2.42. The number of hydrogen-bond donors (Lipinski definition) is 0. The summed E-state index contributed by atoms with van der Waals surface area (Å²) < 4.78 is 8.50. The zero-order valence-corrected chi connectivity index (χ0v) is 15.7. The molecule has 9 nitrogen and oxygen atoms in total. The van der Waals surface area contributed by atoms with Gasteiger partial charge in [-0.1, -0.05) is 0 Å². The molecular weight excluding hydrogens is 348 g/mol. The van der Waals surface area contributed by atoms with Crippen LogP contribution in [0.2, 0.25) is 0 Å². The minimum Gasteiger partial charge on any atom is -0.378 e. The second kappa shape index (κ2) is 7.15.